The van der Waals surface area contributed by atoms with E-state index in [4.69, 9.17) is 9.47 Å². The van der Waals surface area contributed by atoms with Crippen molar-refractivity contribution in [2.24, 2.45) is 0 Å². The number of carbonyl (C=O) groups is 1. The minimum absolute atomic E-state index is 0.0201. The molecule has 0 spiro atoms. The summed E-state index contributed by atoms with van der Waals surface area (Å²) in [6.07, 6.45) is 4.87. The maximum absolute atomic E-state index is 11.3. The Kier molecular flexibility index (Phi) is 7.75. The number of benzene rings is 2. The van der Waals surface area contributed by atoms with Gasteiger partial charge in [-0.25, -0.2) is 4.98 Å². The summed E-state index contributed by atoms with van der Waals surface area (Å²) in [6.45, 7) is 3.86. The zero-order valence-corrected chi connectivity index (χ0v) is 19.7. The highest BCUT2D eigenvalue weighted by Crippen LogP contribution is 2.28. The number of methoxy groups -OCH3 is 1. The fraction of sp³-hybridized carbons (Fsp3) is 0.370. The van der Waals surface area contributed by atoms with E-state index in [2.05, 4.69) is 40.0 Å². The lowest BCUT2D eigenvalue weighted by molar-refractivity contribution is -0.138. The molecule has 1 aliphatic rings. The zero-order chi connectivity index (χ0) is 23.9. The summed E-state index contributed by atoms with van der Waals surface area (Å²) in [7, 11) is 1.58. The van der Waals surface area contributed by atoms with Gasteiger partial charge >= 0.3 is 12.0 Å². The molecule has 7 nitrogen and oxygen atoms in total. The van der Waals surface area contributed by atoms with E-state index in [1.54, 1.807) is 13.3 Å². The Morgan fingerprint density at radius 1 is 1.12 bits per heavy atom. The third kappa shape index (κ3) is 5.72. The first-order chi connectivity index (χ1) is 16.5. The number of nitrogens with zero attached hydrogens (tertiary/aromatic N) is 3. The van der Waals surface area contributed by atoms with Crippen molar-refractivity contribution in [1.29, 1.82) is 0 Å². The molecule has 0 radical (unpaired) electrons. The molecule has 1 N–H and O–H groups in total. The van der Waals surface area contributed by atoms with Crippen molar-refractivity contribution in [3.63, 3.8) is 0 Å². The van der Waals surface area contributed by atoms with E-state index in [-0.39, 0.29) is 18.5 Å². The van der Waals surface area contributed by atoms with Crippen molar-refractivity contribution < 1.29 is 19.4 Å². The number of carboxylic acids is 1. The molecule has 2 heterocycles. The maximum atomic E-state index is 11.3. The number of aromatic nitrogens is 2. The Labute approximate surface area is 200 Å². The van der Waals surface area contributed by atoms with Gasteiger partial charge in [0.2, 0.25) is 5.88 Å². The number of hydrogen-bond acceptors (Lipinski definition) is 6. The van der Waals surface area contributed by atoms with E-state index in [0.29, 0.717) is 19.0 Å². The number of likely N-dealkylation sites (tertiary alicyclic amines) is 1. The summed E-state index contributed by atoms with van der Waals surface area (Å²) in [5.41, 5.74) is 5.40. The fourth-order valence-corrected chi connectivity index (χ4v) is 4.56. The zero-order valence-electron chi connectivity index (χ0n) is 19.7. The van der Waals surface area contributed by atoms with Crippen LogP contribution in [0.2, 0.25) is 0 Å². The van der Waals surface area contributed by atoms with E-state index < -0.39 is 5.97 Å². The molecule has 34 heavy (non-hydrogen) atoms. The number of carboxylic acid groups (broad SMARTS) is 1. The summed E-state index contributed by atoms with van der Waals surface area (Å²) in [6, 6.07) is 16.8. The molecule has 4 rings (SSSR count). The molecule has 0 bridgehead atoms. The molecule has 7 heteroatoms. The van der Waals surface area contributed by atoms with Crippen LogP contribution in [0.15, 0.2) is 54.7 Å². The molecule has 1 saturated heterocycles. The lowest BCUT2D eigenvalue weighted by atomic mass is 9.97. The number of ether oxygens (including phenoxy) is 2. The number of aliphatic carboxylic acids is 1. The van der Waals surface area contributed by atoms with Crippen LogP contribution < -0.4 is 9.47 Å². The van der Waals surface area contributed by atoms with Gasteiger partial charge in [-0.05, 0) is 48.6 Å². The molecule has 1 fully saturated rings. The van der Waals surface area contributed by atoms with Gasteiger partial charge in [-0.2, -0.15) is 4.98 Å². The minimum atomic E-state index is -0.768. The highest BCUT2D eigenvalue weighted by molar-refractivity contribution is 5.68. The van der Waals surface area contributed by atoms with E-state index in [9.17, 15) is 9.90 Å². The first-order valence-corrected chi connectivity index (χ1v) is 11.7. The van der Waals surface area contributed by atoms with E-state index in [1.165, 1.54) is 11.1 Å². The normalized spacial score (nSPS) is 16.2. The van der Waals surface area contributed by atoms with Gasteiger partial charge in [-0.3, -0.25) is 9.69 Å². The third-order valence-corrected chi connectivity index (χ3v) is 6.42. The number of piperidine rings is 1. The van der Waals surface area contributed by atoms with Crippen molar-refractivity contribution in [3.8, 4) is 23.0 Å². The van der Waals surface area contributed by atoms with Crippen molar-refractivity contribution >= 4 is 5.97 Å². The van der Waals surface area contributed by atoms with E-state index >= 15 is 0 Å². The van der Waals surface area contributed by atoms with Crippen molar-refractivity contribution in [3.05, 3.63) is 71.4 Å². The van der Waals surface area contributed by atoms with Crippen LogP contribution >= 0.6 is 0 Å². The molecule has 0 aliphatic carbocycles. The molecule has 2 aromatic carbocycles. The number of hydrogen-bond donors (Lipinski definition) is 1. The molecule has 1 atom stereocenters. The molecule has 1 aliphatic heterocycles. The van der Waals surface area contributed by atoms with Crippen LogP contribution in [0.1, 0.15) is 42.4 Å². The summed E-state index contributed by atoms with van der Waals surface area (Å²) < 4.78 is 11.5. The van der Waals surface area contributed by atoms with Crippen LogP contribution in [0.3, 0.4) is 0 Å². The van der Waals surface area contributed by atoms with Crippen molar-refractivity contribution in [1.82, 2.24) is 14.9 Å². The second-order valence-electron chi connectivity index (χ2n) is 8.65. The Morgan fingerprint density at radius 3 is 2.71 bits per heavy atom. The SMILES string of the molecule is COc1nc(OCc2cccc(-c3ccccc3)c2C)ncc1CN1CCCC[C@@H]1CC(=O)O. The van der Waals surface area contributed by atoms with Gasteiger partial charge in [0.25, 0.3) is 0 Å². The van der Waals surface area contributed by atoms with Gasteiger partial charge < -0.3 is 14.6 Å². The first kappa shape index (κ1) is 23.7. The van der Waals surface area contributed by atoms with Gasteiger partial charge in [0.15, 0.2) is 0 Å². The molecule has 0 unspecified atom stereocenters. The van der Waals surface area contributed by atoms with Crippen LogP contribution in [0.25, 0.3) is 11.1 Å². The van der Waals surface area contributed by atoms with Crippen LogP contribution in [0.5, 0.6) is 11.9 Å². The highest BCUT2D eigenvalue weighted by Gasteiger charge is 2.26. The molecule has 3 aromatic rings. The van der Waals surface area contributed by atoms with E-state index in [0.717, 1.165) is 42.5 Å². The van der Waals surface area contributed by atoms with Gasteiger partial charge in [0, 0.05) is 24.3 Å². The fourth-order valence-electron chi connectivity index (χ4n) is 4.56. The van der Waals surface area contributed by atoms with Crippen molar-refractivity contribution in [2.45, 2.75) is 51.8 Å². The van der Waals surface area contributed by atoms with Crippen molar-refractivity contribution in [2.75, 3.05) is 13.7 Å². The number of rotatable bonds is 9. The average molecular weight is 462 g/mol. The van der Waals surface area contributed by atoms with E-state index in [1.807, 2.05) is 30.3 Å². The lowest BCUT2D eigenvalue weighted by Crippen LogP contribution is -2.40. The van der Waals surface area contributed by atoms with Crippen LogP contribution in [0.4, 0.5) is 0 Å². The maximum Gasteiger partial charge on any atom is 0.320 e. The Morgan fingerprint density at radius 2 is 1.94 bits per heavy atom. The molecule has 1 aromatic heterocycles. The summed E-state index contributed by atoms with van der Waals surface area (Å²) in [4.78, 5) is 22.3. The minimum Gasteiger partial charge on any atom is -0.481 e. The Hall–Kier alpha value is -3.45. The van der Waals surface area contributed by atoms with Gasteiger partial charge in [0.1, 0.15) is 6.61 Å². The standard InChI is InChI=1S/C27H31N3O4/c1-19-21(11-8-13-24(19)20-9-4-3-5-10-20)18-34-27-28-16-22(26(29-27)33-2)17-30-14-7-6-12-23(30)15-25(31)32/h3-5,8-11,13,16,23H,6-7,12,14-15,17-18H2,1-2H3,(H,31,32)/t23-/m1/s1. The Balaban J connectivity index is 1.46. The van der Waals surface area contributed by atoms with Crippen LogP contribution in [-0.4, -0.2) is 45.6 Å². The van der Waals surface area contributed by atoms with Gasteiger partial charge in [-0.1, -0.05) is 55.0 Å². The average Bonchev–Trinajstić information content (AvgIpc) is 2.85. The quantitative estimate of drug-likeness (QED) is 0.487. The largest absolute Gasteiger partial charge is 0.481 e. The summed E-state index contributed by atoms with van der Waals surface area (Å²) in [5, 5.41) is 9.25. The molecular weight excluding hydrogens is 430 g/mol. The monoisotopic (exact) mass is 461 g/mol. The molecule has 0 amide bonds. The predicted molar refractivity (Wildman–Crippen MR) is 130 cm³/mol. The second kappa shape index (κ2) is 11.1. The van der Waals surface area contributed by atoms with Gasteiger partial charge in [-0.15, -0.1) is 0 Å². The summed E-state index contributed by atoms with van der Waals surface area (Å²) in [5.74, 6) is -0.310. The molecule has 0 saturated carbocycles. The molecular formula is C27H31N3O4. The third-order valence-electron chi connectivity index (χ3n) is 6.42. The van der Waals surface area contributed by atoms with Crippen LogP contribution in [0, 0.1) is 6.92 Å². The smallest absolute Gasteiger partial charge is 0.320 e. The Bertz CT molecular complexity index is 1120. The lowest BCUT2D eigenvalue weighted by Gasteiger charge is -2.34. The highest BCUT2D eigenvalue weighted by atomic mass is 16.5. The second-order valence-corrected chi connectivity index (χ2v) is 8.65. The predicted octanol–water partition coefficient (Wildman–Crippen LogP) is 4.87. The topological polar surface area (TPSA) is 84.8 Å². The van der Waals surface area contributed by atoms with Gasteiger partial charge in [0.05, 0.1) is 13.5 Å². The first-order valence-electron chi connectivity index (χ1n) is 11.7. The summed E-state index contributed by atoms with van der Waals surface area (Å²) >= 11 is 0. The van der Waals surface area contributed by atoms with Crippen LogP contribution in [-0.2, 0) is 17.9 Å². The molecule has 178 valence electrons.